The van der Waals surface area contributed by atoms with Crippen LogP contribution in [0.3, 0.4) is 0 Å². The molecule has 1 aromatic rings. The highest BCUT2D eigenvalue weighted by molar-refractivity contribution is 6.27. The summed E-state index contributed by atoms with van der Waals surface area (Å²) in [5, 5.41) is 14.8. The first kappa shape index (κ1) is 25.0. The van der Waals surface area contributed by atoms with Crippen molar-refractivity contribution >= 4 is 17.9 Å². The van der Waals surface area contributed by atoms with Gasteiger partial charge < -0.3 is 29.2 Å². The minimum atomic E-state index is -1.82. The highest BCUT2D eigenvalue weighted by atomic mass is 16.5. The van der Waals surface area contributed by atoms with Crippen molar-refractivity contribution < 1.29 is 43.5 Å². The number of piperidine rings is 1. The molecule has 10 nitrogen and oxygen atoms in total. The lowest BCUT2D eigenvalue weighted by atomic mass is 9.97. The van der Waals surface area contributed by atoms with Crippen molar-refractivity contribution in [2.75, 3.05) is 41.0 Å². The van der Waals surface area contributed by atoms with Crippen LogP contribution < -0.4 is 14.2 Å². The van der Waals surface area contributed by atoms with Crippen LogP contribution in [0.4, 0.5) is 0 Å². The number of ether oxygens (including phenoxy) is 4. The normalized spacial score (nSPS) is 15.9. The number of carboxylic acid groups (broad SMARTS) is 2. The largest absolute Gasteiger partial charge is 0.493 e. The number of aliphatic carboxylic acids is 2. The number of carboxylic acids is 2. The van der Waals surface area contributed by atoms with Crippen LogP contribution in [0.15, 0.2) is 12.1 Å². The van der Waals surface area contributed by atoms with Crippen molar-refractivity contribution in [3.8, 4) is 17.2 Å². The Labute approximate surface area is 175 Å². The predicted molar refractivity (Wildman–Crippen MR) is 106 cm³/mol. The lowest BCUT2D eigenvalue weighted by molar-refractivity contribution is -0.159. The summed E-state index contributed by atoms with van der Waals surface area (Å²) in [6, 6.07) is 3.91. The van der Waals surface area contributed by atoms with E-state index < -0.39 is 11.9 Å². The molecule has 10 heteroatoms. The van der Waals surface area contributed by atoms with Gasteiger partial charge in [-0.05, 0) is 44.0 Å². The number of esters is 1. The quantitative estimate of drug-likeness (QED) is 0.489. The standard InChI is InChI=1S/C18H27NO5.C2H2O4/c1-5-24-18(20)14-7-6-8-19(12-14)11-13-9-15(21-2)17(23-4)16(10-13)22-3;3-1(4)2(5)6/h9-10,14H,5-8,11-12H2,1-4H3;(H,3,4)(H,5,6). The van der Waals surface area contributed by atoms with Crippen molar-refractivity contribution in [2.24, 2.45) is 5.92 Å². The second-order valence-electron chi connectivity index (χ2n) is 6.47. The van der Waals surface area contributed by atoms with Gasteiger partial charge in [-0.3, -0.25) is 9.69 Å². The molecule has 1 aromatic carbocycles. The zero-order valence-corrected chi connectivity index (χ0v) is 17.7. The van der Waals surface area contributed by atoms with E-state index in [1.165, 1.54) is 0 Å². The van der Waals surface area contributed by atoms with Crippen LogP contribution in [-0.2, 0) is 25.7 Å². The van der Waals surface area contributed by atoms with Gasteiger partial charge in [-0.15, -0.1) is 0 Å². The molecular formula is C20H29NO9. The average Bonchev–Trinajstić information content (AvgIpc) is 2.73. The Bertz CT molecular complexity index is 698. The molecule has 168 valence electrons. The van der Waals surface area contributed by atoms with Gasteiger partial charge in [0, 0.05) is 13.1 Å². The van der Waals surface area contributed by atoms with Gasteiger partial charge in [0.15, 0.2) is 11.5 Å². The third kappa shape index (κ3) is 7.43. The molecule has 1 fully saturated rings. The lowest BCUT2D eigenvalue weighted by Crippen LogP contribution is -2.38. The summed E-state index contributed by atoms with van der Waals surface area (Å²) in [6.45, 7) is 4.69. The third-order valence-electron chi connectivity index (χ3n) is 4.44. The van der Waals surface area contributed by atoms with Crippen molar-refractivity contribution in [1.82, 2.24) is 4.90 Å². The molecule has 0 amide bonds. The fraction of sp³-hybridized carbons (Fsp3) is 0.550. The van der Waals surface area contributed by atoms with Crippen molar-refractivity contribution in [1.29, 1.82) is 0 Å². The van der Waals surface area contributed by atoms with E-state index in [0.29, 0.717) is 23.9 Å². The number of carbonyl (C=O) groups excluding carboxylic acids is 1. The molecule has 30 heavy (non-hydrogen) atoms. The van der Waals surface area contributed by atoms with E-state index in [2.05, 4.69) is 4.90 Å². The summed E-state index contributed by atoms with van der Waals surface area (Å²) < 4.78 is 21.3. The summed E-state index contributed by atoms with van der Waals surface area (Å²) in [7, 11) is 4.81. The monoisotopic (exact) mass is 427 g/mol. The van der Waals surface area contributed by atoms with Crippen molar-refractivity contribution in [3.63, 3.8) is 0 Å². The van der Waals surface area contributed by atoms with Crippen LogP contribution >= 0.6 is 0 Å². The van der Waals surface area contributed by atoms with Crippen molar-refractivity contribution in [2.45, 2.75) is 26.3 Å². The number of likely N-dealkylation sites (tertiary alicyclic amines) is 1. The summed E-state index contributed by atoms with van der Waals surface area (Å²) >= 11 is 0. The van der Waals surface area contributed by atoms with Gasteiger partial charge in [0.1, 0.15) is 0 Å². The zero-order chi connectivity index (χ0) is 22.7. The number of benzene rings is 1. The molecule has 2 N–H and O–H groups in total. The molecule has 1 aliphatic heterocycles. The summed E-state index contributed by atoms with van der Waals surface area (Å²) in [5.41, 5.74) is 1.06. The minimum absolute atomic E-state index is 0.0410. The molecule has 0 spiro atoms. The number of methoxy groups -OCH3 is 3. The molecule has 1 unspecified atom stereocenters. The van der Waals surface area contributed by atoms with Gasteiger partial charge in [-0.25, -0.2) is 9.59 Å². The van der Waals surface area contributed by atoms with Gasteiger partial charge in [-0.1, -0.05) is 0 Å². The van der Waals surface area contributed by atoms with Crippen LogP contribution in [0.1, 0.15) is 25.3 Å². The topological polar surface area (TPSA) is 132 Å². The molecular weight excluding hydrogens is 398 g/mol. The smallest absolute Gasteiger partial charge is 0.414 e. The number of rotatable bonds is 7. The van der Waals surface area contributed by atoms with Crippen LogP contribution in [0.5, 0.6) is 17.2 Å². The molecule has 2 rings (SSSR count). The van der Waals surface area contributed by atoms with Crippen LogP contribution in [-0.4, -0.2) is 74.0 Å². The Morgan fingerprint density at radius 1 is 1.03 bits per heavy atom. The molecule has 0 aromatic heterocycles. The van der Waals surface area contributed by atoms with E-state index in [4.69, 9.17) is 38.7 Å². The van der Waals surface area contributed by atoms with E-state index in [9.17, 15) is 4.79 Å². The van der Waals surface area contributed by atoms with Gasteiger partial charge in [-0.2, -0.15) is 0 Å². The molecule has 1 atom stereocenters. The Balaban J connectivity index is 0.000000656. The maximum absolute atomic E-state index is 12.0. The predicted octanol–water partition coefficient (Wildman–Crippen LogP) is 1.64. The van der Waals surface area contributed by atoms with E-state index in [1.54, 1.807) is 21.3 Å². The molecule has 1 aliphatic rings. The number of hydrogen-bond acceptors (Lipinski definition) is 8. The Kier molecular flexibility index (Phi) is 10.5. The number of carbonyl (C=O) groups is 3. The zero-order valence-electron chi connectivity index (χ0n) is 17.7. The fourth-order valence-corrected chi connectivity index (χ4v) is 3.14. The minimum Gasteiger partial charge on any atom is -0.493 e. The average molecular weight is 427 g/mol. The molecule has 0 saturated carbocycles. The summed E-state index contributed by atoms with van der Waals surface area (Å²) in [4.78, 5) is 32.4. The Morgan fingerprint density at radius 3 is 2.03 bits per heavy atom. The third-order valence-corrected chi connectivity index (χ3v) is 4.44. The molecule has 1 heterocycles. The fourth-order valence-electron chi connectivity index (χ4n) is 3.14. The second kappa shape index (κ2) is 12.5. The SMILES string of the molecule is CCOC(=O)C1CCCN(Cc2cc(OC)c(OC)c(OC)c2)C1.O=C(O)C(=O)O. The summed E-state index contributed by atoms with van der Waals surface area (Å²) in [6.07, 6.45) is 1.89. The molecule has 0 bridgehead atoms. The number of hydrogen-bond donors (Lipinski definition) is 2. The van der Waals surface area contributed by atoms with Gasteiger partial charge >= 0.3 is 17.9 Å². The van der Waals surface area contributed by atoms with Gasteiger partial charge in [0.05, 0.1) is 33.9 Å². The number of nitrogens with zero attached hydrogens (tertiary/aromatic N) is 1. The first-order chi connectivity index (χ1) is 14.3. The maximum atomic E-state index is 12.0. The Hall–Kier alpha value is -3.01. The Morgan fingerprint density at radius 2 is 1.60 bits per heavy atom. The van der Waals surface area contributed by atoms with Gasteiger partial charge in [0.2, 0.25) is 5.75 Å². The van der Waals surface area contributed by atoms with E-state index >= 15 is 0 Å². The van der Waals surface area contributed by atoms with Crippen LogP contribution in [0.25, 0.3) is 0 Å². The molecule has 0 aliphatic carbocycles. The van der Waals surface area contributed by atoms with E-state index in [1.807, 2.05) is 19.1 Å². The second-order valence-corrected chi connectivity index (χ2v) is 6.47. The summed E-state index contributed by atoms with van der Waals surface area (Å²) in [5.74, 6) is -1.90. The highest BCUT2D eigenvalue weighted by Crippen LogP contribution is 2.38. The van der Waals surface area contributed by atoms with Crippen LogP contribution in [0.2, 0.25) is 0 Å². The van der Waals surface area contributed by atoms with Crippen molar-refractivity contribution in [3.05, 3.63) is 17.7 Å². The lowest BCUT2D eigenvalue weighted by Gasteiger charge is -2.31. The van der Waals surface area contributed by atoms with Gasteiger partial charge in [0.25, 0.3) is 0 Å². The molecule has 1 saturated heterocycles. The first-order valence-corrected chi connectivity index (χ1v) is 9.41. The van der Waals surface area contributed by atoms with E-state index in [-0.39, 0.29) is 11.9 Å². The van der Waals surface area contributed by atoms with E-state index in [0.717, 1.165) is 38.0 Å². The maximum Gasteiger partial charge on any atom is 0.414 e. The highest BCUT2D eigenvalue weighted by Gasteiger charge is 2.27. The molecule has 0 radical (unpaired) electrons. The first-order valence-electron chi connectivity index (χ1n) is 9.41. The van der Waals surface area contributed by atoms with Crippen LogP contribution in [0, 0.1) is 5.92 Å².